The highest BCUT2D eigenvalue weighted by atomic mass is 79.9. The van der Waals surface area contributed by atoms with E-state index in [1.165, 1.54) is 4.57 Å². The lowest BCUT2D eigenvalue weighted by Gasteiger charge is -1.90. The van der Waals surface area contributed by atoms with Crippen LogP contribution >= 0.6 is 15.9 Å². The first-order chi connectivity index (χ1) is 5.70. The molecule has 0 aliphatic rings. The molecule has 0 saturated carbocycles. The van der Waals surface area contributed by atoms with E-state index >= 15 is 0 Å². The largest absolute Gasteiger partial charge is 0.420 e. The van der Waals surface area contributed by atoms with Gasteiger partial charge in [-0.2, -0.15) is 0 Å². The first-order valence-corrected chi connectivity index (χ1v) is 4.10. The fraction of sp³-hybridized carbons (Fsp3) is 0. The van der Waals surface area contributed by atoms with E-state index in [-0.39, 0.29) is 0 Å². The fourth-order valence-corrected chi connectivity index (χ4v) is 1.49. The maximum atomic E-state index is 11.0. The van der Waals surface area contributed by atoms with Crippen molar-refractivity contribution >= 4 is 27.0 Å². The van der Waals surface area contributed by atoms with Crippen molar-refractivity contribution in [1.82, 2.24) is 4.57 Å². The smallest absolute Gasteiger partial charge is 0.406 e. The molecule has 0 amide bonds. The van der Waals surface area contributed by atoms with Crippen molar-refractivity contribution < 1.29 is 4.42 Å². The number of fused-ring (bicyclic) bond motifs is 1. The molecule has 0 aliphatic heterocycles. The molecular formula is C8H5BrNO2. The van der Waals surface area contributed by atoms with Gasteiger partial charge in [0.05, 0.1) is 9.99 Å². The summed E-state index contributed by atoms with van der Waals surface area (Å²) in [4.78, 5) is 11.0. The number of para-hydroxylation sites is 1. The zero-order valence-electron chi connectivity index (χ0n) is 6.08. The first-order valence-electron chi connectivity index (χ1n) is 3.31. The molecule has 0 bridgehead atoms. The highest BCUT2D eigenvalue weighted by Gasteiger charge is 2.07. The lowest BCUT2D eigenvalue weighted by molar-refractivity contribution is 0.538. The van der Waals surface area contributed by atoms with Crippen LogP contribution in [0.25, 0.3) is 11.1 Å². The van der Waals surface area contributed by atoms with Crippen LogP contribution in [0.3, 0.4) is 0 Å². The average molecular weight is 227 g/mol. The van der Waals surface area contributed by atoms with Crippen LogP contribution in [0, 0.1) is 7.05 Å². The summed E-state index contributed by atoms with van der Waals surface area (Å²) >= 11 is 3.27. The van der Waals surface area contributed by atoms with Crippen molar-refractivity contribution in [3.05, 3.63) is 40.3 Å². The van der Waals surface area contributed by atoms with Crippen LogP contribution < -0.4 is 5.76 Å². The van der Waals surface area contributed by atoms with Crippen molar-refractivity contribution in [2.45, 2.75) is 0 Å². The Hall–Kier alpha value is -1.03. The third kappa shape index (κ3) is 0.914. The molecule has 2 aromatic rings. The quantitative estimate of drug-likeness (QED) is 0.689. The van der Waals surface area contributed by atoms with Crippen LogP contribution in [0.5, 0.6) is 0 Å². The van der Waals surface area contributed by atoms with Crippen molar-refractivity contribution in [3.63, 3.8) is 0 Å². The zero-order valence-corrected chi connectivity index (χ0v) is 7.67. The van der Waals surface area contributed by atoms with Crippen molar-refractivity contribution in [2.75, 3.05) is 0 Å². The second-order valence-corrected chi connectivity index (χ2v) is 3.24. The predicted octanol–water partition coefficient (Wildman–Crippen LogP) is 2.00. The minimum atomic E-state index is -0.447. The topological polar surface area (TPSA) is 35.1 Å². The SMILES string of the molecule is [CH2]n1c(=O)oc2c(Br)cccc21. The molecule has 61 valence electrons. The van der Waals surface area contributed by atoms with Crippen LogP contribution in [-0.2, 0) is 0 Å². The summed E-state index contributed by atoms with van der Waals surface area (Å²) in [6.07, 6.45) is 0. The van der Waals surface area contributed by atoms with E-state index in [0.717, 1.165) is 4.47 Å². The monoisotopic (exact) mass is 226 g/mol. The third-order valence-corrected chi connectivity index (χ3v) is 2.27. The first kappa shape index (κ1) is 7.61. The molecule has 1 aromatic heterocycles. The van der Waals surface area contributed by atoms with Crippen molar-refractivity contribution in [1.29, 1.82) is 0 Å². The molecule has 2 rings (SSSR count). The Kier molecular flexibility index (Phi) is 1.58. The number of hydrogen-bond donors (Lipinski definition) is 0. The van der Waals surface area contributed by atoms with Crippen LogP contribution in [0.2, 0.25) is 0 Å². The van der Waals surface area contributed by atoms with Gasteiger partial charge >= 0.3 is 5.76 Å². The van der Waals surface area contributed by atoms with E-state index in [1.807, 2.05) is 12.1 Å². The molecule has 0 aliphatic carbocycles. The Morgan fingerprint density at radius 3 is 2.92 bits per heavy atom. The predicted molar refractivity (Wildman–Crippen MR) is 48.9 cm³/mol. The van der Waals surface area contributed by atoms with Gasteiger partial charge in [0.2, 0.25) is 0 Å². The third-order valence-electron chi connectivity index (χ3n) is 1.65. The van der Waals surface area contributed by atoms with Crippen LogP contribution in [0.15, 0.2) is 31.9 Å². The maximum Gasteiger partial charge on any atom is 0.420 e. The number of rotatable bonds is 0. The van der Waals surface area contributed by atoms with Crippen LogP contribution in [-0.4, -0.2) is 4.57 Å². The molecule has 0 saturated heterocycles. The summed E-state index contributed by atoms with van der Waals surface area (Å²) in [6, 6.07) is 5.41. The van der Waals surface area contributed by atoms with E-state index in [0.29, 0.717) is 11.1 Å². The van der Waals surface area contributed by atoms with Crippen molar-refractivity contribution in [3.8, 4) is 0 Å². The fourth-order valence-electron chi connectivity index (χ4n) is 1.05. The maximum absolute atomic E-state index is 11.0. The summed E-state index contributed by atoms with van der Waals surface area (Å²) < 4.78 is 6.91. The van der Waals surface area contributed by atoms with E-state index in [4.69, 9.17) is 4.42 Å². The van der Waals surface area contributed by atoms with Gasteiger partial charge in [0.1, 0.15) is 0 Å². The Morgan fingerprint density at radius 2 is 2.25 bits per heavy atom. The molecule has 0 unspecified atom stereocenters. The van der Waals surface area contributed by atoms with Gasteiger partial charge in [0.25, 0.3) is 0 Å². The van der Waals surface area contributed by atoms with Crippen LogP contribution in [0.1, 0.15) is 0 Å². The summed E-state index contributed by atoms with van der Waals surface area (Å²) in [5, 5.41) is 0. The van der Waals surface area contributed by atoms with E-state index < -0.39 is 5.76 Å². The number of halogens is 1. The van der Waals surface area contributed by atoms with Gasteiger partial charge in [0, 0.05) is 7.05 Å². The highest BCUT2D eigenvalue weighted by molar-refractivity contribution is 9.10. The summed E-state index contributed by atoms with van der Waals surface area (Å²) in [6.45, 7) is 0. The van der Waals surface area contributed by atoms with Gasteiger partial charge in [-0.05, 0) is 28.1 Å². The molecular weight excluding hydrogens is 222 g/mol. The minimum Gasteiger partial charge on any atom is -0.406 e. The number of benzene rings is 1. The number of oxazole rings is 1. The normalized spacial score (nSPS) is 10.8. The lowest BCUT2D eigenvalue weighted by Crippen LogP contribution is -2.06. The Morgan fingerprint density at radius 1 is 1.50 bits per heavy atom. The van der Waals surface area contributed by atoms with Gasteiger partial charge in [-0.25, -0.2) is 4.79 Å². The van der Waals surface area contributed by atoms with Gasteiger partial charge in [-0.1, -0.05) is 6.07 Å². The standard InChI is InChI=1S/C8H5BrNO2/c1-10-6-4-2-3-5(9)7(6)12-8(10)11/h2-4H,1H2. The second-order valence-electron chi connectivity index (χ2n) is 2.38. The lowest BCUT2D eigenvalue weighted by atomic mass is 10.3. The van der Waals surface area contributed by atoms with E-state index in [1.54, 1.807) is 6.07 Å². The molecule has 0 spiro atoms. The number of aromatic nitrogens is 1. The molecule has 1 heterocycles. The minimum absolute atomic E-state index is 0.447. The Labute approximate surface area is 76.7 Å². The number of hydrogen-bond acceptors (Lipinski definition) is 2. The zero-order chi connectivity index (χ0) is 8.72. The van der Waals surface area contributed by atoms with E-state index in [9.17, 15) is 4.79 Å². The molecule has 12 heavy (non-hydrogen) atoms. The Balaban J connectivity index is 3.05. The summed E-state index contributed by atoms with van der Waals surface area (Å²) in [5.74, 6) is -0.447. The van der Waals surface area contributed by atoms with Gasteiger partial charge in [-0.3, -0.25) is 4.57 Å². The van der Waals surface area contributed by atoms with Crippen molar-refractivity contribution in [2.24, 2.45) is 0 Å². The molecule has 3 nitrogen and oxygen atoms in total. The molecule has 1 radical (unpaired) electrons. The van der Waals surface area contributed by atoms with Gasteiger partial charge in [0.15, 0.2) is 5.58 Å². The second kappa shape index (κ2) is 2.48. The molecule has 0 atom stereocenters. The Bertz CT molecular complexity index is 483. The summed E-state index contributed by atoms with van der Waals surface area (Å²) in [7, 11) is 3.54. The van der Waals surface area contributed by atoms with Crippen LogP contribution in [0.4, 0.5) is 0 Å². The van der Waals surface area contributed by atoms with E-state index in [2.05, 4.69) is 23.0 Å². The highest BCUT2D eigenvalue weighted by Crippen LogP contribution is 2.21. The molecule has 4 heteroatoms. The summed E-state index contributed by atoms with van der Waals surface area (Å²) in [5.41, 5.74) is 1.23. The molecule has 0 N–H and O–H groups in total. The van der Waals surface area contributed by atoms with Gasteiger partial charge in [-0.15, -0.1) is 0 Å². The molecule has 0 fully saturated rings. The average Bonchev–Trinajstić information content (AvgIpc) is 2.32. The van der Waals surface area contributed by atoms with Gasteiger partial charge < -0.3 is 4.42 Å². The number of nitrogens with zero attached hydrogens (tertiary/aromatic N) is 1. The molecule has 1 aromatic carbocycles.